The highest BCUT2D eigenvalue weighted by atomic mass is 32.2. The molecule has 0 bridgehead atoms. The molecule has 8 heteroatoms. The number of hydrogen-bond donors (Lipinski definition) is 0. The van der Waals surface area contributed by atoms with Crippen molar-refractivity contribution < 1.29 is 13.6 Å². The van der Waals surface area contributed by atoms with Gasteiger partial charge < -0.3 is 18.3 Å². The van der Waals surface area contributed by atoms with Gasteiger partial charge in [0.05, 0.1) is 24.8 Å². The molecular formula is C15H16N4O3S. The van der Waals surface area contributed by atoms with Crippen LogP contribution in [0.25, 0.3) is 11.6 Å². The monoisotopic (exact) mass is 332 g/mol. The van der Waals surface area contributed by atoms with Gasteiger partial charge >= 0.3 is 0 Å². The summed E-state index contributed by atoms with van der Waals surface area (Å²) in [5.41, 5.74) is 0. The van der Waals surface area contributed by atoms with Gasteiger partial charge in [0.2, 0.25) is 5.91 Å². The van der Waals surface area contributed by atoms with E-state index in [0.717, 1.165) is 5.76 Å². The quantitative estimate of drug-likeness (QED) is 0.645. The third-order valence-corrected chi connectivity index (χ3v) is 4.31. The van der Waals surface area contributed by atoms with Crippen molar-refractivity contribution in [2.45, 2.75) is 11.7 Å². The predicted molar refractivity (Wildman–Crippen MR) is 84.6 cm³/mol. The molecule has 0 unspecified atom stereocenters. The van der Waals surface area contributed by atoms with Gasteiger partial charge in [-0.25, -0.2) is 0 Å². The predicted octanol–water partition coefficient (Wildman–Crippen LogP) is 2.42. The summed E-state index contributed by atoms with van der Waals surface area (Å²) < 4.78 is 12.4. The topological polar surface area (TPSA) is 77.3 Å². The third-order valence-electron chi connectivity index (χ3n) is 3.30. The number of carbonyl (C=O) groups is 1. The molecule has 3 aromatic heterocycles. The second kappa shape index (κ2) is 6.74. The smallest absolute Gasteiger partial charge is 0.233 e. The normalized spacial score (nSPS) is 10.9. The van der Waals surface area contributed by atoms with Gasteiger partial charge in [-0.2, -0.15) is 0 Å². The van der Waals surface area contributed by atoms with Gasteiger partial charge in [0.1, 0.15) is 5.76 Å². The fraction of sp³-hybridized carbons (Fsp3) is 0.267. The van der Waals surface area contributed by atoms with E-state index in [2.05, 4.69) is 10.2 Å². The zero-order valence-corrected chi connectivity index (χ0v) is 13.6. The molecule has 7 nitrogen and oxygen atoms in total. The van der Waals surface area contributed by atoms with Crippen LogP contribution in [0.5, 0.6) is 0 Å². The summed E-state index contributed by atoms with van der Waals surface area (Å²) >= 11 is 1.34. The van der Waals surface area contributed by atoms with Crippen LogP contribution in [0.4, 0.5) is 0 Å². The lowest BCUT2D eigenvalue weighted by molar-refractivity contribution is -0.127. The summed E-state index contributed by atoms with van der Waals surface area (Å²) in [5.74, 6) is 2.31. The molecule has 120 valence electrons. The Bertz CT molecular complexity index is 765. The molecule has 23 heavy (non-hydrogen) atoms. The van der Waals surface area contributed by atoms with Crippen LogP contribution in [-0.2, 0) is 18.4 Å². The molecule has 0 aromatic carbocycles. The minimum absolute atomic E-state index is 0.00560. The van der Waals surface area contributed by atoms with Gasteiger partial charge in [0.15, 0.2) is 16.7 Å². The standard InChI is InChI=1S/C15H16N4O3S/c1-18(9-11-5-3-7-21-11)13(20)10-23-15-17-16-14(19(15)2)12-6-4-8-22-12/h3-8H,9-10H2,1-2H3. The molecule has 0 aliphatic heterocycles. The van der Waals surface area contributed by atoms with E-state index in [0.29, 0.717) is 23.3 Å². The highest BCUT2D eigenvalue weighted by Crippen LogP contribution is 2.23. The molecule has 0 aliphatic carbocycles. The Morgan fingerprint density at radius 2 is 2.04 bits per heavy atom. The van der Waals surface area contributed by atoms with Crippen LogP contribution >= 0.6 is 11.8 Å². The minimum atomic E-state index is -0.00560. The molecule has 0 radical (unpaired) electrons. The number of nitrogens with zero attached hydrogens (tertiary/aromatic N) is 4. The van der Waals surface area contributed by atoms with Gasteiger partial charge in [0, 0.05) is 14.1 Å². The van der Waals surface area contributed by atoms with Crippen molar-refractivity contribution >= 4 is 17.7 Å². The summed E-state index contributed by atoms with van der Waals surface area (Å²) in [6.07, 6.45) is 3.18. The number of thioether (sulfide) groups is 1. The second-order valence-corrected chi connectivity index (χ2v) is 5.90. The summed E-state index contributed by atoms with van der Waals surface area (Å²) in [5, 5.41) is 8.87. The van der Waals surface area contributed by atoms with Crippen molar-refractivity contribution in [3.05, 3.63) is 42.6 Å². The molecule has 3 heterocycles. The Hall–Kier alpha value is -2.48. The Morgan fingerprint density at radius 1 is 1.26 bits per heavy atom. The van der Waals surface area contributed by atoms with Crippen molar-refractivity contribution in [3.63, 3.8) is 0 Å². The summed E-state index contributed by atoms with van der Waals surface area (Å²) in [6.45, 7) is 0.447. The van der Waals surface area contributed by atoms with Crippen LogP contribution in [0.3, 0.4) is 0 Å². The van der Waals surface area contributed by atoms with Gasteiger partial charge in [-0.15, -0.1) is 10.2 Å². The highest BCUT2D eigenvalue weighted by molar-refractivity contribution is 7.99. The van der Waals surface area contributed by atoms with Crippen LogP contribution in [0, 0.1) is 0 Å². The van der Waals surface area contributed by atoms with Crippen molar-refractivity contribution in [1.29, 1.82) is 0 Å². The Morgan fingerprint density at radius 3 is 2.74 bits per heavy atom. The number of rotatable bonds is 6. The fourth-order valence-corrected chi connectivity index (χ4v) is 2.87. The molecular weight excluding hydrogens is 316 g/mol. The number of amides is 1. The van der Waals surface area contributed by atoms with E-state index in [-0.39, 0.29) is 11.7 Å². The van der Waals surface area contributed by atoms with E-state index in [1.807, 2.05) is 23.7 Å². The van der Waals surface area contributed by atoms with Gasteiger partial charge in [0.25, 0.3) is 0 Å². The summed E-state index contributed by atoms with van der Waals surface area (Å²) in [6, 6.07) is 7.26. The van der Waals surface area contributed by atoms with E-state index in [1.54, 1.807) is 36.6 Å². The van der Waals surface area contributed by atoms with Crippen LogP contribution in [0.1, 0.15) is 5.76 Å². The first-order valence-corrected chi connectivity index (χ1v) is 7.96. The minimum Gasteiger partial charge on any atom is -0.467 e. The maximum Gasteiger partial charge on any atom is 0.233 e. The number of carbonyl (C=O) groups excluding carboxylic acids is 1. The molecule has 3 rings (SSSR count). The van der Waals surface area contributed by atoms with Crippen LogP contribution in [-0.4, -0.2) is 38.4 Å². The van der Waals surface area contributed by atoms with E-state index >= 15 is 0 Å². The van der Waals surface area contributed by atoms with Crippen molar-refractivity contribution in [2.24, 2.45) is 7.05 Å². The van der Waals surface area contributed by atoms with E-state index in [1.165, 1.54) is 11.8 Å². The SMILES string of the molecule is CN(Cc1ccco1)C(=O)CSc1nnc(-c2ccco2)n1C. The maximum absolute atomic E-state index is 12.2. The molecule has 0 saturated carbocycles. The number of furan rings is 2. The first kappa shape index (κ1) is 15.4. The molecule has 0 N–H and O–H groups in total. The molecule has 0 aliphatic rings. The van der Waals surface area contributed by atoms with Crippen LogP contribution in [0.2, 0.25) is 0 Å². The summed E-state index contributed by atoms with van der Waals surface area (Å²) in [4.78, 5) is 13.8. The lowest BCUT2D eigenvalue weighted by Gasteiger charge is -2.15. The van der Waals surface area contributed by atoms with Crippen molar-refractivity contribution in [1.82, 2.24) is 19.7 Å². The molecule has 0 atom stereocenters. The van der Waals surface area contributed by atoms with E-state index < -0.39 is 0 Å². The van der Waals surface area contributed by atoms with Gasteiger partial charge in [-0.3, -0.25) is 4.79 Å². The van der Waals surface area contributed by atoms with Gasteiger partial charge in [-0.05, 0) is 24.3 Å². The lowest BCUT2D eigenvalue weighted by atomic mass is 10.4. The summed E-state index contributed by atoms with van der Waals surface area (Å²) in [7, 11) is 3.59. The number of aromatic nitrogens is 3. The molecule has 0 saturated heterocycles. The van der Waals surface area contributed by atoms with E-state index in [4.69, 9.17) is 8.83 Å². The third kappa shape index (κ3) is 3.48. The Balaban J connectivity index is 1.59. The first-order chi connectivity index (χ1) is 11.1. The average Bonchev–Trinajstić information content (AvgIpc) is 3.26. The Labute approximate surface area is 137 Å². The second-order valence-electron chi connectivity index (χ2n) is 4.96. The molecule has 0 fully saturated rings. The van der Waals surface area contributed by atoms with E-state index in [9.17, 15) is 4.79 Å². The van der Waals surface area contributed by atoms with Crippen molar-refractivity contribution in [2.75, 3.05) is 12.8 Å². The zero-order valence-electron chi connectivity index (χ0n) is 12.8. The largest absolute Gasteiger partial charge is 0.467 e. The first-order valence-electron chi connectivity index (χ1n) is 6.97. The lowest BCUT2D eigenvalue weighted by Crippen LogP contribution is -2.27. The van der Waals surface area contributed by atoms with Crippen LogP contribution < -0.4 is 0 Å². The Kier molecular flexibility index (Phi) is 4.52. The molecule has 0 spiro atoms. The molecule has 3 aromatic rings. The van der Waals surface area contributed by atoms with Gasteiger partial charge in [-0.1, -0.05) is 11.8 Å². The fourth-order valence-electron chi connectivity index (χ4n) is 2.02. The average molecular weight is 332 g/mol. The van der Waals surface area contributed by atoms with Crippen molar-refractivity contribution in [3.8, 4) is 11.6 Å². The highest BCUT2D eigenvalue weighted by Gasteiger charge is 2.16. The molecule has 1 amide bonds. The van der Waals surface area contributed by atoms with Crippen LogP contribution in [0.15, 0.2) is 50.8 Å². The maximum atomic E-state index is 12.2. The number of hydrogen-bond acceptors (Lipinski definition) is 6. The zero-order chi connectivity index (χ0) is 16.2.